The van der Waals surface area contributed by atoms with Crippen LogP contribution in [0.3, 0.4) is 0 Å². The third-order valence-corrected chi connectivity index (χ3v) is 5.10. The summed E-state index contributed by atoms with van der Waals surface area (Å²) in [5, 5.41) is 2.77. The second-order valence-corrected chi connectivity index (χ2v) is 6.82. The van der Waals surface area contributed by atoms with Gasteiger partial charge in [0.1, 0.15) is 12.3 Å². The highest BCUT2D eigenvalue weighted by Crippen LogP contribution is 2.62. The number of alkyl halides is 1. The molecule has 6 heteroatoms. The Balaban J connectivity index is 1.61. The van der Waals surface area contributed by atoms with Crippen molar-refractivity contribution in [1.29, 1.82) is 0 Å². The van der Waals surface area contributed by atoms with Gasteiger partial charge in [-0.2, -0.15) is 0 Å². The van der Waals surface area contributed by atoms with Crippen molar-refractivity contribution in [1.82, 2.24) is 5.32 Å². The van der Waals surface area contributed by atoms with Gasteiger partial charge in [0.15, 0.2) is 0 Å². The van der Waals surface area contributed by atoms with E-state index in [0.29, 0.717) is 31.1 Å². The third kappa shape index (κ3) is 2.36. The molecule has 4 saturated carbocycles. The summed E-state index contributed by atoms with van der Waals surface area (Å²) in [6.45, 7) is 0.295. The number of primary amides is 1. The number of amides is 2. The maximum Gasteiger partial charge on any atom is 0.404 e. The Morgan fingerprint density at radius 2 is 1.90 bits per heavy atom. The maximum absolute atomic E-state index is 14.7. The normalized spacial score (nSPS) is 41.5. The second kappa shape index (κ2) is 4.60. The van der Waals surface area contributed by atoms with Crippen LogP contribution in [0.5, 0.6) is 0 Å². The summed E-state index contributed by atoms with van der Waals surface area (Å²) >= 11 is 0. The summed E-state index contributed by atoms with van der Waals surface area (Å²) in [6, 6.07) is 0. The molecule has 0 saturated heterocycles. The van der Waals surface area contributed by atoms with Gasteiger partial charge in [0.25, 0.3) is 0 Å². The Kier molecular flexibility index (Phi) is 3.14. The van der Waals surface area contributed by atoms with Crippen LogP contribution in [-0.2, 0) is 9.53 Å². The van der Waals surface area contributed by atoms with E-state index in [1.54, 1.807) is 0 Å². The number of nitrogens with one attached hydrogen (secondary N) is 1. The molecule has 0 unspecified atom stereocenters. The Hall–Kier alpha value is -1.33. The molecular weight excluding hydrogens is 263 g/mol. The third-order valence-electron chi connectivity index (χ3n) is 5.10. The van der Waals surface area contributed by atoms with Gasteiger partial charge < -0.3 is 15.8 Å². The molecule has 2 amide bonds. The van der Waals surface area contributed by atoms with Gasteiger partial charge in [-0.25, -0.2) is 9.18 Å². The molecule has 4 rings (SSSR count). The van der Waals surface area contributed by atoms with Crippen molar-refractivity contribution in [2.75, 3.05) is 13.2 Å². The first-order chi connectivity index (χ1) is 9.41. The minimum absolute atomic E-state index is 0.0603. The number of carbonyl (C=O) groups excluding carboxylic acids is 2. The van der Waals surface area contributed by atoms with Crippen molar-refractivity contribution in [3.63, 3.8) is 0 Å². The molecule has 0 aromatic carbocycles. The van der Waals surface area contributed by atoms with Gasteiger partial charge >= 0.3 is 6.09 Å². The zero-order valence-corrected chi connectivity index (χ0v) is 11.5. The smallest absolute Gasteiger partial charge is 0.404 e. The molecule has 20 heavy (non-hydrogen) atoms. The quantitative estimate of drug-likeness (QED) is 0.768. The summed E-state index contributed by atoms with van der Waals surface area (Å²) in [5.41, 5.74) is 3.18. The molecule has 0 aliphatic heterocycles. The van der Waals surface area contributed by atoms with Crippen LogP contribution in [0.1, 0.15) is 38.5 Å². The van der Waals surface area contributed by atoms with Crippen LogP contribution in [0.25, 0.3) is 0 Å². The summed E-state index contributed by atoms with van der Waals surface area (Å²) in [7, 11) is 0. The number of ether oxygens (including phenoxy) is 1. The first kappa shape index (κ1) is 13.6. The minimum Gasteiger partial charge on any atom is -0.448 e. The average molecular weight is 284 g/mol. The lowest BCUT2D eigenvalue weighted by Gasteiger charge is -2.58. The van der Waals surface area contributed by atoms with Crippen LogP contribution >= 0.6 is 0 Å². The Bertz CT molecular complexity index is 426. The fourth-order valence-corrected chi connectivity index (χ4v) is 4.92. The molecule has 0 spiro atoms. The van der Waals surface area contributed by atoms with Crippen LogP contribution in [0.15, 0.2) is 0 Å². The molecule has 4 aliphatic carbocycles. The predicted molar refractivity (Wildman–Crippen MR) is 69.5 cm³/mol. The fraction of sp³-hybridized carbons (Fsp3) is 0.857. The number of hydrogen-bond acceptors (Lipinski definition) is 3. The van der Waals surface area contributed by atoms with Crippen molar-refractivity contribution < 1.29 is 18.7 Å². The van der Waals surface area contributed by atoms with E-state index in [0.717, 1.165) is 19.3 Å². The summed E-state index contributed by atoms with van der Waals surface area (Å²) in [6.07, 6.45) is 3.44. The van der Waals surface area contributed by atoms with Gasteiger partial charge in [0.2, 0.25) is 5.91 Å². The van der Waals surface area contributed by atoms with Crippen LogP contribution in [0, 0.1) is 17.3 Å². The lowest BCUT2D eigenvalue weighted by molar-refractivity contribution is -0.160. The number of nitrogens with two attached hydrogens (primary N) is 1. The molecule has 3 N–H and O–H groups in total. The average Bonchev–Trinajstić information content (AvgIpc) is 2.31. The minimum atomic E-state index is -1.13. The summed E-state index contributed by atoms with van der Waals surface area (Å²) < 4.78 is 19.3. The predicted octanol–water partition coefficient (Wildman–Crippen LogP) is 1.51. The van der Waals surface area contributed by atoms with Crippen LogP contribution in [-0.4, -0.2) is 30.8 Å². The van der Waals surface area contributed by atoms with E-state index in [1.807, 2.05) is 0 Å². The van der Waals surface area contributed by atoms with Gasteiger partial charge in [-0.3, -0.25) is 4.79 Å². The van der Waals surface area contributed by atoms with Crippen molar-refractivity contribution in [3.05, 3.63) is 0 Å². The Morgan fingerprint density at radius 1 is 1.25 bits per heavy atom. The maximum atomic E-state index is 14.7. The molecule has 5 nitrogen and oxygen atoms in total. The highest BCUT2D eigenvalue weighted by molar-refractivity contribution is 5.83. The molecule has 0 aromatic rings. The molecule has 4 aliphatic rings. The van der Waals surface area contributed by atoms with Crippen molar-refractivity contribution in [3.8, 4) is 0 Å². The van der Waals surface area contributed by atoms with E-state index in [9.17, 15) is 14.0 Å². The van der Waals surface area contributed by atoms with E-state index < -0.39 is 17.2 Å². The number of rotatable bonds is 4. The zero-order chi connectivity index (χ0) is 14.4. The topological polar surface area (TPSA) is 81.4 Å². The molecule has 2 atom stereocenters. The van der Waals surface area contributed by atoms with E-state index in [2.05, 4.69) is 10.1 Å². The molecule has 112 valence electrons. The van der Waals surface area contributed by atoms with Gasteiger partial charge in [0, 0.05) is 0 Å². The number of halogens is 1. The Morgan fingerprint density at radius 3 is 2.45 bits per heavy atom. The van der Waals surface area contributed by atoms with E-state index in [1.165, 1.54) is 0 Å². The first-order valence-corrected chi connectivity index (χ1v) is 7.30. The first-order valence-electron chi connectivity index (χ1n) is 7.30. The summed E-state index contributed by atoms with van der Waals surface area (Å²) in [5.74, 6) is 0.629. The lowest BCUT2D eigenvalue weighted by atomic mass is 9.48. The SMILES string of the molecule is NC(=O)OCCNC(=O)C12C[C@H]3C[C@@H](CC(F)(C3)C1)C2. The van der Waals surface area contributed by atoms with Gasteiger partial charge in [-0.05, 0) is 50.4 Å². The molecule has 4 bridgehead atoms. The van der Waals surface area contributed by atoms with Crippen molar-refractivity contribution in [2.45, 2.75) is 44.2 Å². The molecular formula is C14H21FN2O3. The van der Waals surface area contributed by atoms with E-state index in [4.69, 9.17) is 5.73 Å². The van der Waals surface area contributed by atoms with Crippen LogP contribution in [0.2, 0.25) is 0 Å². The van der Waals surface area contributed by atoms with Gasteiger partial charge in [-0.15, -0.1) is 0 Å². The van der Waals surface area contributed by atoms with Gasteiger partial charge in [0.05, 0.1) is 12.0 Å². The van der Waals surface area contributed by atoms with Crippen molar-refractivity contribution >= 4 is 12.0 Å². The summed E-state index contributed by atoms with van der Waals surface area (Å²) in [4.78, 5) is 22.9. The largest absolute Gasteiger partial charge is 0.448 e. The van der Waals surface area contributed by atoms with E-state index in [-0.39, 0.29) is 19.1 Å². The zero-order valence-electron chi connectivity index (χ0n) is 11.5. The molecule has 4 fully saturated rings. The number of hydrogen-bond donors (Lipinski definition) is 2. The monoisotopic (exact) mass is 284 g/mol. The standard InChI is InChI=1S/C14H21FN2O3/c15-14-6-9-3-10(7-14)5-13(4-9,8-14)11(18)17-1-2-20-12(16)19/h9-10H,1-8H2,(H2,16,19)(H,17,18)/t9-,10-,13?,14?/m1/s1. The van der Waals surface area contributed by atoms with E-state index >= 15 is 0 Å². The molecule has 0 aromatic heterocycles. The lowest BCUT2D eigenvalue weighted by Crippen LogP contribution is -2.59. The van der Waals surface area contributed by atoms with Gasteiger partial charge in [-0.1, -0.05) is 0 Å². The molecule has 0 heterocycles. The van der Waals surface area contributed by atoms with Crippen molar-refractivity contribution in [2.24, 2.45) is 23.0 Å². The fourth-order valence-electron chi connectivity index (χ4n) is 4.92. The van der Waals surface area contributed by atoms with Crippen LogP contribution in [0.4, 0.5) is 9.18 Å². The highest BCUT2D eigenvalue weighted by atomic mass is 19.1. The van der Waals surface area contributed by atoms with Crippen LogP contribution < -0.4 is 11.1 Å². The Labute approximate surface area is 117 Å². The molecule has 0 radical (unpaired) electrons. The highest BCUT2D eigenvalue weighted by Gasteiger charge is 2.61. The second-order valence-electron chi connectivity index (χ2n) is 6.82. The number of carbonyl (C=O) groups is 2.